The van der Waals surface area contributed by atoms with E-state index in [4.69, 9.17) is 16.3 Å². The molecule has 1 unspecified atom stereocenters. The van der Waals surface area contributed by atoms with Crippen LogP contribution in [0.15, 0.2) is 18.2 Å². The first kappa shape index (κ1) is 13.3. The van der Waals surface area contributed by atoms with Crippen molar-refractivity contribution in [1.29, 1.82) is 0 Å². The van der Waals surface area contributed by atoms with Crippen molar-refractivity contribution in [2.75, 3.05) is 13.7 Å². The van der Waals surface area contributed by atoms with Gasteiger partial charge >= 0.3 is 0 Å². The average Bonchev–Trinajstić information content (AvgIpc) is 3.26. The predicted molar refractivity (Wildman–Crippen MR) is 78.9 cm³/mol. The lowest BCUT2D eigenvalue weighted by atomic mass is 9.81. The van der Waals surface area contributed by atoms with Gasteiger partial charge in [0, 0.05) is 5.54 Å². The molecule has 3 heteroatoms. The topological polar surface area (TPSA) is 21.3 Å². The van der Waals surface area contributed by atoms with E-state index in [0.717, 1.165) is 18.2 Å². The van der Waals surface area contributed by atoms with Crippen LogP contribution in [0.25, 0.3) is 0 Å². The molecule has 104 valence electrons. The van der Waals surface area contributed by atoms with Gasteiger partial charge in [-0.3, -0.25) is 0 Å². The van der Waals surface area contributed by atoms with Gasteiger partial charge in [0.1, 0.15) is 5.75 Å². The Morgan fingerprint density at radius 1 is 1.26 bits per heavy atom. The van der Waals surface area contributed by atoms with Gasteiger partial charge in [-0.15, -0.1) is 0 Å². The SMILES string of the molecule is COc1cc(C2(C3CC3)CCCCCN2)ccc1Cl. The van der Waals surface area contributed by atoms with E-state index in [9.17, 15) is 0 Å². The Balaban J connectivity index is 1.99. The van der Waals surface area contributed by atoms with Crippen LogP contribution in [0.3, 0.4) is 0 Å². The summed E-state index contributed by atoms with van der Waals surface area (Å²) in [6, 6.07) is 6.30. The van der Waals surface area contributed by atoms with Crippen molar-refractivity contribution >= 4 is 11.6 Å². The quantitative estimate of drug-likeness (QED) is 0.899. The van der Waals surface area contributed by atoms with Crippen LogP contribution in [0.1, 0.15) is 44.1 Å². The second-order valence-electron chi connectivity index (χ2n) is 5.83. The van der Waals surface area contributed by atoms with E-state index in [2.05, 4.69) is 17.4 Å². The minimum Gasteiger partial charge on any atom is -0.495 e. The number of hydrogen-bond acceptors (Lipinski definition) is 2. The largest absolute Gasteiger partial charge is 0.495 e. The molecule has 0 amide bonds. The first-order valence-electron chi connectivity index (χ1n) is 7.35. The van der Waals surface area contributed by atoms with Gasteiger partial charge in [0.2, 0.25) is 0 Å². The number of nitrogens with one attached hydrogen (secondary N) is 1. The van der Waals surface area contributed by atoms with E-state index in [-0.39, 0.29) is 5.54 Å². The molecule has 1 aliphatic carbocycles. The Labute approximate surface area is 120 Å². The molecule has 0 spiro atoms. The van der Waals surface area contributed by atoms with Gasteiger partial charge in [-0.2, -0.15) is 0 Å². The summed E-state index contributed by atoms with van der Waals surface area (Å²) >= 11 is 6.16. The molecule has 0 aromatic heterocycles. The Bertz CT molecular complexity index is 448. The van der Waals surface area contributed by atoms with Crippen LogP contribution in [0, 0.1) is 5.92 Å². The smallest absolute Gasteiger partial charge is 0.137 e. The van der Waals surface area contributed by atoms with E-state index in [1.165, 1.54) is 44.1 Å². The van der Waals surface area contributed by atoms with E-state index >= 15 is 0 Å². The van der Waals surface area contributed by atoms with Crippen molar-refractivity contribution in [3.05, 3.63) is 28.8 Å². The number of halogens is 1. The lowest BCUT2D eigenvalue weighted by Crippen LogP contribution is -2.43. The highest BCUT2D eigenvalue weighted by Crippen LogP contribution is 2.50. The van der Waals surface area contributed by atoms with E-state index < -0.39 is 0 Å². The number of ether oxygens (including phenoxy) is 1. The monoisotopic (exact) mass is 279 g/mol. The van der Waals surface area contributed by atoms with Crippen molar-refractivity contribution in [3.8, 4) is 5.75 Å². The van der Waals surface area contributed by atoms with Gasteiger partial charge in [-0.25, -0.2) is 0 Å². The highest BCUT2D eigenvalue weighted by atomic mass is 35.5. The summed E-state index contributed by atoms with van der Waals surface area (Å²) in [5.41, 5.74) is 1.52. The number of methoxy groups -OCH3 is 1. The summed E-state index contributed by atoms with van der Waals surface area (Å²) in [4.78, 5) is 0. The first-order valence-corrected chi connectivity index (χ1v) is 7.73. The predicted octanol–water partition coefficient (Wildman–Crippen LogP) is 4.12. The average molecular weight is 280 g/mol. The van der Waals surface area contributed by atoms with E-state index in [1.807, 2.05) is 6.07 Å². The summed E-state index contributed by atoms with van der Waals surface area (Å²) in [5, 5.41) is 4.55. The van der Waals surface area contributed by atoms with Gasteiger partial charge in [0.25, 0.3) is 0 Å². The van der Waals surface area contributed by atoms with Crippen molar-refractivity contribution in [2.24, 2.45) is 5.92 Å². The molecule has 3 rings (SSSR count). The summed E-state index contributed by atoms with van der Waals surface area (Å²) in [6.45, 7) is 1.13. The minimum absolute atomic E-state index is 0.161. The van der Waals surface area contributed by atoms with Gasteiger partial charge < -0.3 is 10.1 Å². The zero-order valence-electron chi connectivity index (χ0n) is 11.5. The third kappa shape index (κ3) is 2.48. The maximum atomic E-state index is 6.16. The van der Waals surface area contributed by atoms with Gasteiger partial charge in [-0.1, -0.05) is 30.5 Å². The summed E-state index contributed by atoms with van der Waals surface area (Å²) < 4.78 is 5.39. The number of benzene rings is 1. The molecule has 1 atom stereocenters. The lowest BCUT2D eigenvalue weighted by Gasteiger charge is -2.35. The second kappa shape index (κ2) is 5.34. The summed E-state index contributed by atoms with van der Waals surface area (Å²) in [6.07, 6.45) is 7.87. The maximum absolute atomic E-state index is 6.16. The molecule has 1 aromatic carbocycles. The molecule has 2 aliphatic rings. The molecule has 1 heterocycles. The van der Waals surface area contributed by atoms with Crippen LogP contribution in [-0.2, 0) is 5.54 Å². The van der Waals surface area contributed by atoms with Crippen LogP contribution in [-0.4, -0.2) is 13.7 Å². The van der Waals surface area contributed by atoms with E-state index in [0.29, 0.717) is 5.02 Å². The van der Waals surface area contributed by atoms with Crippen LogP contribution in [0.2, 0.25) is 5.02 Å². The minimum atomic E-state index is 0.161. The molecular weight excluding hydrogens is 258 g/mol. The maximum Gasteiger partial charge on any atom is 0.137 e. The normalized spacial score (nSPS) is 27.9. The van der Waals surface area contributed by atoms with Crippen LogP contribution < -0.4 is 10.1 Å². The molecule has 1 aliphatic heterocycles. The molecule has 2 fully saturated rings. The second-order valence-corrected chi connectivity index (χ2v) is 6.24. The fourth-order valence-corrected chi connectivity index (χ4v) is 3.64. The Kier molecular flexibility index (Phi) is 3.72. The molecule has 1 saturated carbocycles. The van der Waals surface area contributed by atoms with Gasteiger partial charge in [0.05, 0.1) is 12.1 Å². The van der Waals surface area contributed by atoms with Crippen molar-refractivity contribution in [1.82, 2.24) is 5.32 Å². The molecule has 19 heavy (non-hydrogen) atoms. The third-order valence-electron chi connectivity index (χ3n) is 4.63. The van der Waals surface area contributed by atoms with Crippen molar-refractivity contribution in [3.63, 3.8) is 0 Å². The van der Waals surface area contributed by atoms with Crippen molar-refractivity contribution in [2.45, 2.75) is 44.1 Å². The summed E-state index contributed by atoms with van der Waals surface area (Å²) in [5.74, 6) is 1.58. The highest BCUT2D eigenvalue weighted by molar-refractivity contribution is 6.32. The molecule has 2 nitrogen and oxygen atoms in total. The molecule has 1 N–H and O–H groups in total. The summed E-state index contributed by atoms with van der Waals surface area (Å²) in [7, 11) is 1.69. The zero-order valence-corrected chi connectivity index (χ0v) is 12.3. The molecular formula is C16H22ClNO. The molecule has 0 radical (unpaired) electrons. The Morgan fingerprint density at radius 3 is 2.84 bits per heavy atom. The number of hydrogen-bond donors (Lipinski definition) is 1. The molecule has 1 saturated heterocycles. The highest BCUT2D eigenvalue weighted by Gasteiger charge is 2.46. The molecule has 1 aromatic rings. The number of rotatable bonds is 3. The Hall–Kier alpha value is -0.730. The zero-order chi connectivity index (χ0) is 13.3. The van der Waals surface area contributed by atoms with E-state index in [1.54, 1.807) is 7.11 Å². The fourth-order valence-electron chi connectivity index (χ4n) is 3.45. The van der Waals surface area contributed by atoms with Crippen LogP contribution >= 0.6 is 11.6 Å². The van der Waals surface area contributed by atoms with Crippen LogP contribution in [0.4, 0.5) is 0 Å². The fraction of sp³-hybridized carbons (Fsp3) is 0.625. The first-order chi connectivity index (χ1) is 9.26. The van der Waals surface area contributed by atoms with Gasteiger partial charge in [0.15, 0.2) is 0 Å². The van der Waals surface area contributed by atoms with Crippen LogP contribution in [0.5, 0.6) is 5.75 Å². The Morgan fingerprint density at radius 2 is 2.11 bits per heavy atom. The lowest BCUT2D eigenvalue weighted by molar-refractivity contribution is 0.277. The third-order valence-corrected chi connectivity index (χ3v) is 4.94. The van der Waals surface area contributed by atoms with Crippen molar-refractivity contribution < 1.29 is 4.74 Å². The molecule has 0 bridgehead atoms. The standard InChI is InChI=1S/C16H22ClNO/c1-19-15-11-13(7-8-14(15)17)16(12-5-6-12)9-3-2-4-10-18-16/h7-8,11-12,18H,2-6,9-10H2,1H3. The van der Waals surface area contributed by atoms with Gasteiger partial charge in [-0.05, 0) is 55.8 Å².